The highest BCUT2D eigenvalue weighted by molar-refractivity contribution is 6.33. The Hall–Kier alpha value is -2.37. The van der Waals surface area contributed by atoms with Crippen molar-refractivity contribution in [2.24, 2.45) is 0 Å². The van der Waals surface area contributed by atoms with Crippen molar-refractivity contribution >= 4 is 28.6 Å². The summed E-state index contributed by atoms with van der Waals surface area (Å²) in [6.07, 6.45) is 0. The number of hydrogen-bond donors (Lipinski definition) is 1. The predicted molar refractivity (Wildman–Crippen MR) is 100 cm³/mol. The number of carboxylic acid groups (broad SMARTS) is 1. The molecule has 6 heteroatoms. The molecule has 0 fully saturated rings. The lowest BCUT2D eigenvalue weighted by molar-refractivity contribution is 0.0678. The zero-order chi connectivity index (χ0) is 18.1. The second-order valence-corrected chi connectivity index (χ2v) is 6.79. The molecule has 3 aromatic rings. The zero-order valence-corrected chi connectivity index (χ0v) is 15.2. The highest BCUT2D eigenvalue weighted by Gasteiger charge is 2.17. The van der Waals surface area contributed by atoms with Crippen LogP contribution < -0.4 is 0 Å². The summed E-state index contributed by atoms with van der Waals surface area (Å²) in [5.41, 5.74) is 4.40. The van der Waals surface area contributed by atoms with Crippen LogP contribution in [0, 0.1) is 6.92 Å². The molecular formula is C19H20ClN3O2. The molecule has 0 bridgehead atoms. The third-order valence-corrected chi connectivity index (χ3v) is 4.46. The van der Waals surface area contributed by atoms with Crippen molar-refractivity contribution in [1.29, 1.82) is 0 Å². The second-order valence-electron chi connectivity index (χ2n) is 6.38. The molecule has 130 valence electrons. The third-order valence-electron chi connectivity index (χ3n) is 4.15. The first-order valence-electron chi connectivity index (χ1n) is 8.01. The van der Waals surface area contributed by atoms with E-state index in [0.29, 0.717) is 17.1 Å². The maximum atomic E-state index is 11.6. The Balaban J connectivity index is 2.10. The average molecular weight is 358 g/mol. The van der Waals surface area contributed by atoms with Crippen LogP contribution in [-0.2, 0) is 6.54 Å². The molecule has 1 N–H and O–H groups in total. The van der Waals surface area contributed by atoms with E-state index in [4.69, 9.17) is 11.6 Å². The van der Waals surface area contributed by atoms with E-state index in [2.05, 4.69) is 4.98 Å². The Morgan fingerprint density at radius 3 is 2.64 bits per heavy atom. The van der Waals surface area contributed by atoms with Gasteiger partial charge in [0.1, 0.15) is 0 Å². The summed E-state index contributed by atoms with van der Waals surface area (Å²) < 4.78 is 1.75. The molecule has 2 aromatic carbocycles. The van der Waals surface area contributed by atoms with Crippen LogP contribution >= 0.6 is 11.6 Å². The molecule has 5 nitrogen and oxygen atoms in total. The molecular weight excluding hydrogens is 338 g/mol. The van der Waals surface area contributed by atoms with Crippen LogP contribution in [0.3, 0.4) is 0 Å². The number of carbonyl (C=O) groups is 1. The van der Waals surface area contributed by atoms with Gasteiger partial charge in [-0.25, -0.2) is 9.78 Å². The number of fused-ring (bicyclic) bond motifs is 1. The molecule has 1 heterocycles. The van der Waals surface area contributed by atoms with Crippen molar-refractivity contribution in [2.75, 3.05) is 20.6 Å². The van der Waals surface area contributed by atoms with E-state index in [9.17, 15) is 9.90 Å². The summed E-state index contributed by atoms with van der Waals surface area (Å²) in [6.45, 7) is 3.29. The Labute approximate surface area is 151 Å². The number of halogens is 1. The number of aromatic carboxylic acids is 1. The number of carboxylic acids is 1. The summed E-state index contributed by atoms with van der Waals surface area (Å²) in [5.74, 6) is -0.964. The van der Waals surface area contributed by atoms with Crippen LogP contribution in [0.1, 0.15) is 16.2 Å². The maximum Gasteiger partial charge on any atom is 0.372 e. The normalized spacial score (nSPS) is 11.4. The monoisotopic (exact) mass is 357 g/mol. The van der Waals surface area contributed by atoms with Crippen LogP contribution in [0.2, 0.25) is 5.02 Å². The molecule has 25 heavy (non-hydrogen) atoms. The summed E-state index contributed by atoms with van der Waals surface area (Å²) in [6, 6.07) is 11.7. The second kappa shape index (κ2) is 6.86. The van der Waals surface area contributed by atoms with Gasteiger partial charge in [0, 0.05) is 23.7 Å². The van der Waals surface area contributed by atoms with E-state index in [1.807, 2.05) is 62.3 Å². The third kappa shape index (κ3) is 3.52. The number of rotatable bonds is 5. The van der Waals surface area contributed by atoms with Gasteiger partial charge in [0.15, 0.2) is 0 Å². The van der Waals surface area contributed by atoms with Gasteiger partial charge in [0.25, 0.3) is 0 Å². The molecule has 0 aliphatic rings. The van der Waals surface area contributed by atoms with Crippen LogP contribution in [0.15, 0.2) is 36.4 Å². The van der Waals surface area contributed by atoms with Gasteiger partial charge in [0.05, 0.1) is 11.0 Å². The number of aryl methyl sites for hydroxylation is 1. The zero-order valence-electron chi connectivity index (χ0n) is 14.5. The van der Waals surface area contributed by atoms with Gasteiger partial charge < -0.3 is 14.6 Å². The van der Waals surface area contributed by atoms with Crippen molar-refractivity contribution < 1.29 is 9.90 Å². The quantitative estimate of drug-likeness (QED) is 0.751. The number of likely N-dealkylation sites (N-methyl/N-ethyl adjacent to an activating group) is 1. The lowest BCUT2D eigenvalue weighted by Gasteiger charge is -2.12. The smallest absolute Gasteiger partial charge is 0.372 e. The molecule has 0 aliphatic carbocycles. The van der Waals surface area contributed by atoms with Crippen molar-refractivity contribution in [2.45, 2.75) is 13.5 Å². The first kappa shape index (κ1) is 17.5. The molecule has 0 unspecified atom stereocenters. The Morgan fingerprint density at radius 2 is 2.00 bits per heavy atom. The van der Waals surface area contributed by atoms with E-state index < -0.39 is 5.97 Å². The van der Waals surface area contributed by atoms with Crippen molar-refractivity contribution in [3.63, 3.8) is 0 Å². The lowest BCUT2D eigenvalue weighted by atomic mass is 10.0. The lowest BCUT2D eigenvalue weighted by Crippen LogP contribution is -2.20. The van der Waals surface area contributed by atoms with Gasteiger partial charge in [0.2, 0.25) is 5.82 Å². The van der Waals surface area contributed by atoms with Gasteiger partial charge in [-0.2, -0.15) is 0 Å². The Morgan fingerprint density at radius 1 is 1.24 bits per heavy atom. The van der Waals surface area contributed by atoms with E-state index in [1.165, 1.54) is 0 Å². The molecule has 0 radical (unpaired) electrons. The molecule has 0 amide bonds. The van der Waals surface area contributed by atoms with E-state index in [1.54, 1.807) is 4.57 Å². The fraction of sp³-hybridized carbons (Fsp3) is 0.263. The molecule has 0 atom stereocenters. The predicted octanol–water partition coefficient (Wildman–Crippen LogP) is 3.92. The molecule has 0 saturated heterocycles. The number of hydrogen-bond acceptors (Lipinski definition) is 3. The van der Waals surface area contributed by atoms with Crippen LogP contribution in [0.25, 0.3) is 22.2 Å². The molecule has 1 aromatic heterocycles. The fourth-order valence-electron chi connectivity index (χ4n) is 2.84. The SMILES string of the molecule is Cc1ccc(-c2ccc3c(c2)nc(C(=O)O)n3CCN(C)C)c(Cl)c1. The number of nitrogens with zero attached hydrogens (tertiary/aromatic N) is 3. The number of aromatic nitrogens is 2. The van der Waals surface area contributed by atoms with Crippen LogP contribution in [0.4, 0.5) is 0 Å². The Kier molecular flexibility index (Phi) is 4.79. The van der Waals surface area contributed by atoms with Crippen molar-refractivity contribution in [3.8, 4) is 11.1 Å². The fourth-order valence-corrected chi connectivity index (χ4v) is 3.19. The molecule has 0 saturated carbocycles. The summed E-state index contributed by atoms with van der Waals surface area (Å²) in [7, 11) is 3.91. The summed E-state index contributed by atoms with van der Waals surface area (Å²) in [5, 5.41) is 10.1. The molecule has 3 rings (SSSR count). The van der Waals surface area contributed by atoms with Crippen LogP contribution in [0.5, 0.6) is 0 Å². The maximum absolute atomic E-state index is 11.6. The largest absolute Gasteiger partial charge is 0.475 e. The van der Waals surface area contributed by atoms with Gasteiger partial charge in [-0.3, -0.25) is 0 Å². The summed E-state index contributed by atoms with van der Waals surface area (Å²) >= 11 is 6.36. The number of benzene rings is 2. The standard InChI is InChI=1S/C19H20ClN3O2/c1-12-4-6-14(15(20)10-12)13-5-7-17-16(11-13)21-18(19(24)25)23(17)9-8-22(2)3/h4-7,10-11H,8-9H2,1-3H3,(H,24,25). The van der Waals surface area contributed by atoms with Gasteiger partial charge in [-0.05, 0) is 50.3 Å². The first-order chi connectivity index (χ1) is 11.9. The van der Waals surface area contributed by atoms with Gasteiger partial charge >= 0.3 is 5.97 Å². The summed E-state index contributed by atoms with van der Waals surface area (Å²) in [4.78, 5) is 17.9. The Bertz CT molecular complexity index is 947. The molecule has 0 aliphatic heterocycles. The van der Waals surface area contributed by atoms with E-state index >= 15 is 0 Å². The van der Waals surface area contributed by atoms with Crippen molar-refractivity contribution in [1.82, 2.24) is 14.5 Å². The molecule has 0 spiro atoms. The highest BCUT2D eigenvalue weighted by Crippen LogP contribution is 2.31. The van der Waals surface area contributed by atoms with E-state index in [0.717, 1.165) is 28.8 Å². The van der Waals surface area contributed by atoms with E-state index in [-0.39, 0.29) is 5.82 Å². The highest BCUT2D eigenvalue weighted by atomic mass is 35.5. The van der Waals surface area contributed by atoms with Crippen LogP contribution in [-0.4, -0.2) is 46.2 Å². The van der Waals surface area contributed by atoms with Gasteiger partial charge in [-0.15, -0.1) is 0 Å². The minimum Gasteiger partial charge on any atom is -0.475 e. The minimum atomic E-state index is -1.02. The minimum absolute atomic E-state index is 0.0593. The first-order valence-corrected chi connectivity index (χ1v) is 8.39. The average Bonchev–Trinajstić information content (AvgIpc) is 2.91. The van der Waals surface area contributed by atoms with Gasteiger partial charge in [-0.1, -0.05) is 29.8 Å². The van der Waals surface area contributed by atoms with Crippen molar-refractivity contribution in [3.05, 3.63) is 52.8 Å². The number of imidazole rings is 1. The topological polar surface area (TPSA) is 58.4 Å².